The molecule has 2 rings (SSSR count). The fourth-order valence-electron chi connectivity index (χ4n) is 2.54. The molecule has 0 aliphatic carbocycles. The molecule has 1 unspecified atom stereocenters. The van der Waals surface area contributed by atoms with Crippen molar-refractivity contribution in [1.29, 1.82) is 0 Å². The van der Waals surface area contributed by atoms with E-state index in [1.54, 1.807) is 0 Å². The van der Waals surface area contributed by atoms with Gasteiger partial charge in [-0.1, -0.05) is 20.8 Å². The predicted molar refractivity (Wildman–Crippen MR) is 75.6 cm³/mol. The highest BCUT2D eigenvalue weighted by Crippen LogP contribution is 2.27. The van der Waals surface area contributed by atoms with E-state index in [1.165, 1.54) is 6.42 Å². The standard InChI is InChI=1S/C14H24N4/c1-4-5-13-16-12(15)8-14(17-13)18-7-6-11(9-18)10(2)3/h8,10-11H,4-7,9H2,1-3H3,(H2,15,16,17). The van der Waals surface area contributed by atoms with Crippen molar-refractivity contribution >= 4 is 11.6 Å². The van der Waals surface area contributed by atoms with Crippen molar-refractivity contribution in [1.82, 2.24) is 9.97 Å². The van der Waals surface area contributed by atoms with Crippen LogP contribution in [-0.4, -0.2) is 23.1 Å². The van der Waals surface area contributed by atoms with Gasteiger partial charge in [0.1, 0.15) is 17.5 Å². The lowest BCUT2D eigenvalue weighted by atomic mass is 9.95. The number of hydrogen-bond donors (Lipinski definition) is 1. The van der Waals surface area contributed by atoms with Crippen LogP contribution >= 0.6 is 0 Å². The van der Waals surface area contributed by atoms with Crippen molar-refractivity contribution in [2.24, 2.45) is 11.8 Å². The highest BCUT2D eigenvalue weighted by atomic mass is 15.2. The number of nitrogens with two attached hydrogens (primary N) is 1. The molecule has 4 heteroatoms. The number of nitrogen functional groups attached to an aromatic ring is 1. The van der Waals surface area contributed by atoms with E-state index in [0.717, 1.165) is 49.4 Å². The molecule has 0 spiro atoms. The van der Waals surface area contributed by atoms with Gasteiger partial charge in [0.05, 0.1) is 0 Å². The SMILES string of the molecule is CCCc1nc(N)cc(N2CCC(C(C)C)C2)n1. The van der Waals surface area contributed by atoms with E-state index in [1.807, 2.05) is 6.07 Å². The van der Waals surface area contributed by atoms with Crippen LogP contribution in [0.15, 0.2) is 6.07 Å². The molecule has 0 saturated carbocycles. The third kappa shape index (κ3) is 2.92. The van der Waals surface area contributed by atoms with Crippen LogP contribution in [0.5, 0.6) is 0 Å². The van der Waals surface area contributed by atoms with Gasteiger partial charge in [0.2, 0.25) is 0 Å². The van der Waals surface area contributed by atoms with E-state index in [0.29, 0.717) is 5.82 Å². The number of rotatable bonds is 4. The molecule has 18 heavy (non-hydrogen) atoms. The summed E-state index contributed by atoms with van der Waals surface area (Å²) >= 11 is 0. The molecule has 1 aromatic heterocycles. The maximum atomic E-state index is 5.87. The summed E-state index contributed by atoms with van der Waals surface area (Å²) in [4.78, 5) is 11.3. The zero-order chi connectivity index (χ0) is 13.1. The van der Waals surface area contributed by atoms with E-state index in [-0.39, 0.29) is 0 Å². The maximum Gasteiger partial charge on any atom is 0.134 e. The van der Waals surface area contributed by atoms with Crippen molar-refractivity contribution < 1.29 is 0 Å². The van der Waals surface area contributed by atoms with Gasteiger partial charge in [0.15, 0.2) is 0 Å². The Morgan fingerprint density at radius 2 is 2.22 bits per heavy atom. The van der Waals surface area contributed by atoms with E-state index >= 15 is 0 Å². The highest BCUT2D eigenvalue weighted by molar-refractivity contribution is 5.47. The van der Waals surface area contributed by atoms with Crippen LogP contribution in [0.4, 0.5) is 11.6 Å². The summed E-state index contributed by atoms with van der Waals surface area (Å²) in [6.45, 7) is 8.91. The van der Waals surface area contributed by atoms with Crippen LogP contribution < -0.4 is 10.6 Å². The maximum absolute atomic E-state index is 5.87. The monoisotopic (exact) mass is 248 g/mol. The molecule has 2 N–H and O–H groups in total. The van der Waals surface area contributed by atoms with Crippen molar-refractivity contribution in [2.75, 3.05) is 23.7 Å². The van der Waals surface area contributed by atoms with Gasteiger partial charge < -0.3 is 10.6 Å². The second-order valence-electron chi connectivity index (χ2n) is 5.56. The fraction of sp³-hybridized carbons (Fsp3) is 0.714. The molecule has 1 fully saturated rings. The van der Waals surface area contributed by atoms with E-state index in [4.69, 9.17) is 5.73 Å². The summed E-state index contributed by atoms with van der Waals surface area (Å²) < 4.78 is 0. The molecule has 0 aromatic carbocycles. The molecule has 1 aromatic rings. The van der Waals surface area contributed by atoms with Gasteiger partial charge in [0.25, 0.3) is 0 Å². The highest BCUT2D eigenvalue weighted by Gasteiger charge is 2.26. The van der Waals surface area contributed by atoms with Gasteiger partial charge in [0, 0.05) is 25.6 Å². The van der Waals surface area contributed by atoms with Gasteiger partial charge in [-0.15, -0.1) is 0 Å². The first-order valence-electron chi connectivity index (χ1n) is 6.98. The summed E-state index contributed by atoms with van der Waals surface area (Å²) in [6, 6.07) is 1.90. The molecule has 1 aliphatic rings. The summed E-state index contributed by atoms with van der Waals surface area (Å²) in [5.41, 5.74) is 5.87. The Hall–Kier alpha value is -1.32. The average molecular weight is 248 g/mol. The van der Waals surface area contributed by atoms with E-state index in [2.05, 4.69) is 35.6 Å². The largest absolute Gasteiger partial charge is 0.384 e. The smallest absolute Gasteiger partial charge is 0.134 e. The van der Waals surface area contributed by atoms with Crippen molar-refractivity contribution in [2.45, 2.75) is 40.0 Å². The lowest BCUT2D eigenvalue weighted by molar-refractivity contribution is 0.422. The van der Waals surface area contributed by atoms with Crippen LogP contribution in [0.2, 0.25) is 0 Å². The number of anilines is 2. The lowest BCUT2D eigenvalue weighted by Crippen LogP contribution is -2.23. The average Bonchev–Trinajstić information content (AvgIpc) is 2.78. The van der Waals surface area contributed by atoms with E-state index in [9.17, 15) is 0 Å². The number of nitrogens with zero attached hydrogens (tertiary/aromatic N) is 3. The first-order chi connectivity index (χ1) is 8.60. The molecule has 1 atom stereocenters. The molecule has 4 nitrogen and oxygen atoms in total. The Morgan fingerprint density at radius 1 is 1.44 bits per heavy atom. The third-order valence-corrected chi connectivity index (χ3v) is 3.74. The molecular weight excluding hydrogens is 224 g/mol. The van der Waals surface area contributed by atoms with Crippen LogP contribution in [0, 0.1) is 11.8 Å². The zero-order valence-corrected chi connectivity index (χ0v) is 11.7. The topological polar surface area (TPSA) is 55.0 Å². The second kappa shape index (κ2) is 5.55. The number of aromatic nitrogens is 2. The first-order valence-corrected chi connectivity index (χ1v) is 6.98. The Kier molecular flexibility index (Phi) is 4.04. The Bertz CT molecular complexity index is 403. The lowest BCUT2D eigenvalue weighted by Gasteiger charge is -2.19. The van der Waals surface area contributed by atoms with Crippen LogP contribution in [-0.2, 0) is 6.42 Å². The Labute approximate surface area is 110 Å². The van der Waals surface area contributed by atoms with Crippen LogP contribution in [0.1, 0.15) is 39.4 Å². The van der Waals surface area contributed by atoms with Gasteiger partial charge in [-0.25, -0.2) is 9.97 Å². The number of hydrogen-bond acceptors (Lipinski definition) is 4. The van der Waals surface area contributed by atoms with Gasteiger partial charge in [-0.2, -0.15) is 0 Å². The third-order valence-electron chi connectivity index (χ3n) is 3.74. The molecule has 2 heterocycles. The molecule has 1 saturated heterocycles. The van der Waals surface area contributed by atoms with Crippen LogP contribution in [0.25, 0.3) is 0 Å². The quantitative estimate of drug-likeness (QED) is 0.889. The summed E-state index contributed by atoms with van der Waals surface area (Å²) in [6.07, 6.45) is 3.21. The molecule has 100 valence electrons. The molecule has 0 radical (unpaired) electrons. The molecule has 0 amide bonds. The minimum absolute atomic E-state index is 0.594. The molecule has 0 bridgehead atoms. The minimum Gasteiger partial charge on any atom is -0.384 e. The minimum atomic E-state index is 0.594. The summed E-state index contributed by atoms with van der Waals surface area (Å²) in [5, 5.41) is 0. The van der Waals surface area contributed by atoms with Crippen molar-refractivity contribution in [3.05, 3.63) is 11.9 Å². The Balaban J connectivity index is 2.13. The van der Waals surface area contributed by atoms with Gasteiger partial charge in [-0.05, 0) is 24.7 Å². The zero-order valence-electron chi connectivity index (χ0n) is 11.7. The first kappa shape index (κ1) is 13.1. The summed E-state index contributed by atoms with van der Waals surface area (Å²) in [7, 11) is 0. The van der Waals surface area contributed by atoms with E-state index < -0.39 is 0 Å². The van der Waals surface area contributed by atoms with Crippen molar-refractivity contribution in [3.63, 3.8) is 0 Å². The van der Waals surface area contributed by atoms with Crippen LogP contribution in [0.3, 0.4) is 0 Å². The fourth-order valence-corrected chi connectivity index (χ4v) is 2.54. The second-order valence-corrected chi connectivity index (χ2v) is 5.56. The van der Waals surface area contributed by atoms with Crippen molar-refractivity contribution in [3.8, 4) is 0 Å². The normalized spacial score (nSPS) is 19.8. The van der Waals surface area contributed by atoms with Gasteiger partial charge in [-0.3, -0.25) is 0 Å². The predicted octanol–water partition coefficient (Wildman–Crippen LogP) is 2.49. The summed E-state index contributed by atoms with van der Waals surface area (Å²) in [5.74, 6) is 3.99. The molecule has 1 aliphatic heterocycles. The molecular formula is C14H24N4. The Morgan fingerprint density at radius 3 is 2.83 bits per heavy atom. The number of aryl methyl sites for hydroxylation is 1. The van der Waals surface area contributed by atoms with Gasteiger partial charge >= 0.3 is 0 Å².